The molecule has 0 fully saturated rings. The summed E-state index contributed by atoms with van der Waals surface area (Å²) in [5.41, 5.74) is 0.354. The van der Waals surface area contributed by atoms with Crippen LogP contribution in [0.3, 0.4) is 0 Å². The summed E-state index contributed by atoms with van der Waals surface area (Å²) in [5.74, 6) is -0.563. The molecule has 1 amide bonds. The number of aromatic amines is 1. The van der Waals surface area contributed by atoms with E-state index in [1.807, 2.05) is 13.8 Å². The number of nitro groups is 1. The van der Waals surface area contributed by atoms with Crippen LogP contribution in [0.2, 0.25) is 0 Å². The third-order valence-electron chi connectivity index (χ3n) is 2.72. The van der Waals surface area contributed by atoms with Crippen LogP contribution < -0.4 is 5.32 Å². The number of carbonyl (C=O) groups excluding carboxylic acids is 1. The van der Waals surface area contributed by atoms with Gasteiger partial charge in [0.25, 0.3) is 5.91 Å². The number of H-pyrrole nitrogens is 1. The quantitative estimate of drug-likeness (QED) is 0.660. The normalized spacial score (nSPS) is 12.2. The molecule has 0 radical (unpaired) electrons. The number of carbonyl (C=O) groups is 1. The molecule has 0 aliphatic carbocycles. The van der Waals surface area contributed by atoms with Crippen molar-refractivity contribution in [2.24, 2.45) is 0 Å². The molecule has 2 rings (SSSR count). The second-order valence-electron chi connectivity index (χ2n) is 4.27. The van der Waals surface area contributed by atoms with Gasteiger partial charge in [-0.25, -0.2) is 4.98 Å². The lowest BCUT2D eigenvalue weighted by atomic mass is 10.2. The molecule has 0 saturated heterocycles. The van der Waals surface area contributed by atoms with Crippen LogP contribution in [0.1, 0.15) is 39.0 Å². The maximum atomic E-state index is 12.0. The second-order valence-corrected chi connectivity index (χ2v) is 5.50. The van der Waals surface area contributed by atoms with Gasteiger partial charge in [0.1, 0.15) is 6.20 Å². The molecule has 9 heteroatoms. The molecule has 0 aliphatic rings. The molecule has 0 aliphatic heterocycles. The molecule has 0 spiro atoms. The molecule has 1 unspecified atom stereocenters. The summed E-state index contributed by atoms with van der Waals surface area (Å²) in [5, 5.41) is 20.2. The summed E-state index contributed by atoms with van der Waals surface area (Å²) < 4.78 is 0. The van der Waals surface area contributed by atoms with Gasteiger partial charge in [-0.05, 0) is 20.8 Å². The van der Waals surface area contributed by atoms with Gasteiger partial charge < -0.3 is 5.32 Å². The number of hydrogen-bond donors (Lipinski definition) is 2. The molecular weight excluding hydrogens is 282 g/mol. The van der Waals surface area contributed by atoms with Crippen molar-refractivity contribution in [3.63, 3.8) is 0 Å². The van der Waals surface area contributed by atoms with Gasteiger partial charge in [0.15, 0.2) is 0 Å². The molecule has 0 saturated carbocycles. The molecular formula is C11H13N5O3S. The Morgan fingerprint density at radius 3 is 2.80 bits per heavy atom. The highest BCUT2D eigenvalue weighted by Gasteiger charge is 2.25. The lowest BCUT2D eigenvalue weighted by molar-refractivity contribution is -0.385. The highest BCUT2D eigenvalue weighted by molar-refractivity contribution is 7.11. The van der Waals surface area contributed by atoms with Gasteiger partial charge in [-0.3, -0.25) is 20.0 Å². The predicted molar refractivity (Wildman–Crippen MR) is 72.7 cm³/mol. The van der Waals surface area contributed by atoms with Gasteiger partial charge in [0, 0.05) is 4.88 Å². The van der Waals surface area contributed by atoms with Gasteiger partial charge in [-0.2, -0.15) is 5.10 Å². The van der Waals surface area contributed by atoms with Crippen molar-refractivity contribution in [2.75, 3.05) is 0 Å². The van der Waals surface area contributed by atoms with Gasteiger partial charge in [0.05, 0.1) is 21.7 Å². The van der Waals surface area contributed by atoms with E-state index in [0.717, 1.165) is 21.8 Å². The number of hydrogen-bond acceptors (Lipinski definition) is 6. The zero-order chi connectivity index (χ0) is 14.9. The molecule has 0 bridgehead atoms. The van der Waals surface area contributed by atoms with Crippen molar-refractivity contribution in [3.05, 3.63) is 37.6 Å². The van der Waals surface area contributed by atoms with Crippen LogP contribution in [-0.4, -0.2) is 26.0 Å². The Kier molecular flexibility index (Phi) is 3.79. The SMILES string of the molecule is Cc1nc(C)c(C(C)NC(=O)c2[nH]ncc2[N+](=O)[O-])s1. The maximum absolute atomic E-state index is 12.0. The van der Waals surface area contributed by atoms with E-state index in [0.29, 0.717) is 0 Å². The Hall–Kier alpha value is -2.29. The molecule has 2 aromatic heterocycles. The van der Waals surface area contributed by atoms with Crippen LogP contribution in [0.15, 0.2) is 6.20 Å². The maximum Gasteiger partial charge on any atom is 0.319 e. The van der Waals surface area contributed by atoms with E-state index in [-0.39, 0.29) is 17.4 Å². The highest BCUT2D eigenvalue weighted by atomic mass is 32.1. The first-order chi connectivity index (χ1) is 9.40. The summed E-state index contributed by atoms with van der Waals surface area (Å²) in [7, 11) is 0. The first-order valence-corrected chi connectivity index (χ1v) is 6.64. The second kappa shape index (κ2) is 5.37. The largest absolute Gasteiger partial charge is 0.343 e. The predicted octanol–water partition coefficient (Wildman–Crippen LogP) is 1.88. The lowest BCUT2D eigenvalue weighted by Gasteiger charge is -2.11. The first kappa shape index (κ1) is 14.1. The average Bonchev–Trinajstić information content (AvgIpc) is 2.95. The van der Waals surface area contributed by atoms with Crippen molar-refractivity contribution in [3.8, 4) is 0 Å². The van der Waals surface area contributed by atoms with Crippen molar-refractivity contribution >= 4 is 22.9 Å². The minimum atomic E-state index is -0.648. The first-order valence-electron chi connectivity index (χ1n) is 5.82. The van der Waals surface area contributed by atoms with Crippen molar-refractivity contribution in [1.82, 2.24) is 20.5 Å². The Morgan fingerprint density at radius 1 is 1.55 bits per heavy atom. The van der Waals surface area contributed by atoms with E-state index >= 15 is 0 Å². The van der Waals surface area contributed by atoms with Gasteiger partial charge in [-0.1, -0.05) is 0 Å². The summed E-state index contributed by atoms with van der Waals surface area (Å²) in [6.45, 7) is 5.55. The molecule has 2 aromatic rings. The summed E-state index contributed by atoms with van der Waals surface area (Å²) >= 11 is 1.49. The number of aromatic nitrogens is 3. The van der Waals surface area contributed by atoms with Crippen molar-refractivity contribution in [1.29, 1.82) is 0 Å². The molecule has 8 nitrogen and oxygen atoms in total. The van der Waals surface area contributed by atoms with Gasteiger partial charge in [-0.15, -0.1) is 11.3 Å². The highest BCUT2D eigenvalue weighted by Crippen LogP contribution is 2.25. The molecule has 2 heterocycles. The van der Waals surface area contributed by atoms with E-state index in [4.69, 9.17) is 0 Å². The molecule has 106 valence electrons. The fourth-order valence-electron chi connectivity index (χ4n) is 1.87. The third kappa shape index (κ3) is 2.67. The van der Waals surface area contributed by atoms with Crippen molar-refractivity contribution < 1.29 is 9.72 Å². The monoisotopic (exact) mass is 295 g/mol. The van der Waals surface area contributed by atoms with E-state index in [2.05, 4.69) is 20.5 Å². The van der Waals surface area contributed by atoms with E-state index in [9.17, 15) is 14.9 Å². The number of nitrogens with zero attached hydrogens (tertiary/aromatic N) is 3. The number of rotatable bonds is 4. The topological polar surface area (TPSA) is 114 Å². The number of aryl methyl sites for hydroxylation is 2. The Morgan fingerprint density at radius 2 is 2.25 bits per heavy atom. The third-order valence-corrected chi connectivity index (χ3v) is 3.98. The van der Waals surface area contributed by atoms with Crippen LogP contribution in [-0.2, 0) is 0 Å². The fourth-order valence-corrected chi connectivity index (χ4v) is 2.80. The van der Waals surface area contributed by atoms with Crippen LogP contribution in [0, 0.1) is 24.0 Å². The van der Waals surface area contributed by atoms with Crippen LogP contribution in [0.5, 0.6) is 0 Å². The zero-order valence-electron chi connectivity index (χ0n) is 11.1. The standard InChI is InChI=1S/C11H13N5O3S/c1-5-10(20-7(3)13-5)6(2)14-11(17)9-8(16(18)19)4-12-15-9/h4,6H,1-3H3,(H,12,15)(H,14,17). The number of nitrogens with one attached hydrogen (secondary N) is 2. The molecule has 0 aromatic carbocycles. The average molecular weight is 295 g/mol. The Bertz CT molecular complexity index is 663. The Balaban J connectivity index is 2.17. The number of amides is 1. The van der Waals surface area contributed by atoms with Crippen LogP contribution in [0.25, 0.3) is 0 Å². The molecule has 20 heavy (non-hydrogen) atoms. The van der Waals surface area contributed by atoms with E-state index in [1.54, 1.807) is 6.92 Å². The Labute approximate surface area is 118 Å². The van der Waals surface area contributed by atoms with Crippen LogP contribution >= 0.6 is 11.3 Å². The minimum Gasteiger partial charge on any atom is -0.343 e. The smallest absolute Gasteiger partial charge is 0.319 e. The summed E-state index contributed by atoms with van der Waals surface area (Å²) in [4.78, 5) is 27.4. The molecule has 1 atom stereocenters. The number of thiazole rings is 1. The van der Waals surface area contributed by atoms with Crippen molar-refractivity contribution in [2.45, 2.75) is 26.8 Å². The lowest BCUT2D eigenvalue weighted by Crippen LogP contribution is -2.27. The zero-order valence-corrected chi connectivity index (χ0v) is 11.9. The van der Waals surface area contributed by atoms with Gasteiger partial charge >= 0.3 is 5.69 Å². The minimum absolute atomic E-state index is 0.152. The van der Waals surface area contributed by atoms with Crippen LogP contribution in [0.4, 0.5) is 5.69 Å². The van der Waals surface area contributed by atoms with Gasteiger partial charge in [0.2, 0.25) is 5.69 Å². The summed E-state index contributed by atoms with van der Waals surface area (Å²) in [6.07, 6.45) is 1.02. The van der Waals surface area contributed by atoms with E-state index in [1.165, 1.54) is 11.3 Å². The van der Waals surface area contributed by atoms with E-state index < -0.39 is 10.8 Å². The molecule has 2 N–H and O–H groups in total. The summed E-state index contributed by atoms with van der Waals surface area (Å²) in [6, 6.07) is -0.281. The fraction of sp³-hybridized carbons (Fsp3) is 0.364.